The summed E-state index contributed by atoms with van der Waals surface area (Å²) in [5.74, 6) is 0. The average Bonchev–Trinajstić information content (AvgIpc) is 2.40. The lowest BCUT2D eigenvalue weighted by Gasteiger charge is -2.17. The summed E-state index contributed by atoms with van der Waals surface area (Å²) in [6.45, 7) is 2.09. The van der Waals surface area contributed by atoms with Gasteiger partial charge in [0.25, 0.3) is 0 Å². The van der Waals surface area contributed by atoms with Gasteiger partial charge < -0.3 is 11.1 Å². The molecule has 1 aromatic carbocycles. The highest BCUT2D eigenvalue weighted by atomic mass is 32.1. The first kappa shape index (κ1) is 12.5. The topological polar surface area (TPSA) is 50.9 Å². The Kier molecular flexibility index (Phi) is 3.89. The van der Waals surface area contributed by atoms with Crippen molar-refractivity contribution in [1.82, 2.24) is 4.98 Å². The summed E-state index contributed by atoms with van der Waals surface area (Å²) in [7, 11) is 0. The number of benzene rings is 1. The fraction of sp³-hybridized carbons (Fsp3) is 0.143. The third-order valence-electron chi connectivity index (χ3n) is 2.71. The van der Waals surface area contributed by atoms with Gasteiger partial charge in [0, 0.05) is 12.2 Å². The van der Waals surface area contributed by atoms with Gasteiger partial charge in [0.1, 0.15) is 10.7 Å². The molecule has 0 saturated carbocycles. The van der Waals surface area contributed by atoms with E-state index in [0.717, 1.165) is 5.69 Å². The molecule has 2 aromatic rings. The van der Waals surface area contributed by atoms with Crippen LogP contribution in [0.2, 0.25) is 0 Å². The molecule has 92 valence electrons. The van der Waals surface area contributed by atoms with Crippen molar-refractivity contribution < 1.29 is 0 Å². The fourth-order valence-electron chi connectivity index (χ4n) is 1.78. The lowest BCUT2D eigenvalue weighted by Crippen LogP contribution is -2.16. The molecular weight excluding hydrogens is 242 g/mol. The number of nitrogens with two attached hydrogens (primary N) is 1. The Hall–Kier alpha value is -1.94. The summed E-state index contributed by atoms with van der Waals surface area (Å²) in [5, 5.41) is 3.38. The Morgan fingerprint density at radius 2 is 1.94 bits per heavy atom. The van der Waals surface area contributed by atoms with Crippen LogP contribution in [0, 0.1) is 0 Å². The molecule has 0 aliphatic rings. The van der Waals surface area contributed by atoms with Crippen LogP contribution in [0.3, 0.4) is 0 Å². The van der Waals surface area contributed by atoms with Crippen molar-refractivity contribution in [2.24, 2.45) is 5.73 Å². The number of anilines is 1. The van der Waals surface area contributed by atoms with E-state index < -0.39 is 0 Å². The summed E-state index contributed by atoms with van der Waals surface area (Å²) in [5.41, 5.74) is 8.36. The van der Waals surface area contributed by atoms with Crippen LogP contribution in [0.15, 0.2) is 48.7 Å². The molecule has 1 heterocycles. The average molecular weight is 257 g/mol. The second kappa shape index (κ2) is 5.60. The first-order valence-corrected chi connectivity index (χ1v) is 6.15. The standard InChI is InChI=1S/C14H15N3S/c1-10(11-6-3-2-4-7-11)17-12-8-5-9-16-13(12)14(15)18/h2-10,17H,1H3,(H2,15,18). The van der Waals surface area contributed by atoms with E-state index in [1.807, 2.05) is 30.3 Å². The highest BCUT2D eigenvalue weighted by molar-refractivity contribution is 7.80. The molecule has 1 aromatic heterocycles. The summed E-state index contributed by atoms with van der Waals surface area (Å²) in [6.07, 6.45) is 1.69. The third kappa shape index (κ3) is 2.84. The molecule has 0 fully saturated rings. The number of hydrogen-bond acceptors (Lipinski definition) is 3. The molecule has 2 rings (SSSR count). The molecular formula is C14H15N3S. The van der Waals surface area contributed by atoms with E-state index in [-0.39, 0.29) is 6.04 Å². The molecule has 18 heavy (non-hydrogen) atoms. The smallest absolute Gasteiger partial charge is 0.124 e. The second-order valence-corrected chi connectivity index (χ2v) is 4.48. The van der Waals surface area contributed by atoms with E-state index in [9.17, 15) is 0 Å². The molecule has 0 aliphatic heterocycles. The maximum Gasteiger partial charge on any atom is 0.124 e. The van der Waals surface area contributed by atoms with Crippen molar-refractivity contribution in [2.45, 2.75) is 13.0 Å². The zero-order valence-electron chi connectivity index (χ0n) is 10.1. The van der Waals surface area contributed by atoms with Gasteiger partial charge in [-0.1, -0.05) is 42.5 Å². The largest absolute Gasteiger partial charge is 0.388 e. The molecule has 1 atom stereocenters. The van der Waals surface area contributed by atoms with Gasteiger partial charge in [-0.15, -0.1) is 0 Å². The highest BCUT2D eigenvalue weighted by Crippen LogP contribution is 2.20. The van der Waals surface area contributed by atoms with Crippen molar-refractivity contribution in [3.63, 3.8) is 0 Å². The zero-order valence-corrected chi connectivity index (χ0v) is 10.9. The lowest BCUT2D eigenvalue weighted by molar-refractivity contribution is 0.882. The van der Waals surface area contributed by atoms with E-state index in [2.05, 4.69) is 29.4 Å². The van der Waals surface area contributed by atoms with E-state index in [1.54, 1.807) is 6.20 Å². The Morgan fingerprint density at radius 1 is 1.22 bits per heavy atom. The van der Waals surface area contributed by atoms with Gasteiger partial charge in [0.2, 0.25) is 0 Å². The summed E-state index contributed by atoms with van der Waals surface area (Å²) in [6, 6.07) is 14.2. The number of thiocarbonyl (C=S) groups is 1. The SMILES string of the molecule is CC(Nc1cccnc1C(N)=S)c1ccccc1. The van der Waals surface area contributed by atoms with Crippen LogP contribution in [0.5, 0.6) is 0 Å². The minimum absolute atomic E-state index is 0.170. The van der Waals surface area contributed by atoms with Gasteiger partial charge in [0.05, 0.1) is 5.69 Å². The monoisotopic (exact) mass is 257 g/mol. The molecule has 0 radical (unpaired) electrons. The van der Waals surface area contributed by atoms with Crippen molar-refractivity contribution in [2.75, 3.05) is 5.32 Å². The third-order valence-corrected chi connectivity index (χ3v) is 2.91. The summed E-state index contributed by atoms with van der Waals surface area (Å²) >= 11 is 4.99. The summed E-state index contributed by atoms with van der Waals surface area (Å²) in [4.78, 5) is 4.50. The number of aromatic nitrogens is 1. The molecule has 0 saturated heterocycles. The van der Waals surface area contributed by atoms with Crippen molar-refractivity contribution in [3.8, 4) is 0 Å². The number of hydrogen-bond donors (Lipinski definition) is 2. The van der Waals surface area contributed by atoms with Crippen LogP contribution < -0.4 is 11.1 Å². The molecule has 0 aliphatic carbocycles. The van der Waals surface area contributed by atoms with E-state index in [4.69, 9.17) is 18.0 Å². The van der Waals surface area contributed by atoms with Crippen molar-refractivity contribution >= 4 is 22.9 Å². The van der Waals surface area contributed by atoms with Gasteiger partial charge in [-0.25, -0.2) is 0 Å². The van der Waals surface area contributed by atoms with Crippen LogP contribution in [0.4, 0.5) is 5.69 Å². The van der Waals surface area contributed by atoms with E-state index >= 15 is 0 Å². The summed E-state index contributed by atoms with van der Waals surface area (Å²) < 4.78 is 0. The number of nitrogens with zero attached hydrogens (tertiary/aromatic N) is 1. The number of rotatable bonds is 4. The minimum Gasteiger partial charge on any atom is -0.388 e. The maximum atomic E-state index is 5.66. The molecule has 0 amide bonds. The van der Waals surface area contributed by atoms with Crippen LogP contribution >= 0.6 is 12.2 Å². The van der Waals surface area contributed by atoms with Gasteiger partial charge in [-0.3, -0.25) is 4.98 Å². The van der Waals surface area contributed by atoms with Crippen LogP contribution in [0.1, 0.15) is 24.2 Å². The first-order valence-electron chi connectivity index (χ1n) is 5.75. The Morgan fingerprint density at radius 3 is 2.61 bits per heavy atom. The molecule has 0 bridgehead atoms. The zero-order chi connectivity index (χ0) is 13.0. The van der Waals surface area contributed by atoms with Crippen LogP contribution in [0.25, 0.3) is 0 Å². The van der Waals surface area contributed by atoms with Crippen LogP contribution in [-0.2, 0) is 0 Å². The van der Waals surface area contributed by atoms with Gasteiger partial charge in [-0.2, -0.15) is 0 Å². The Bertz CT molecular complexity index is 540. The number of nitrogens with one attached hydrogen (secondary N) is 1. The van der Waals surface area contributed by atoms with Crippen molar-refractivity contribution in [3.05, 3.63) is 59.9 Å². The Labute approximate surface area is 112 Å². The minimum atomic E-state index is 0.170. The normalized spacial score (nSPS) is 11.8. The van der Waals surface area contributed by atoms with Crippen LogP contribution in [-0.4, -0.2) is 9.97 Å². The maximum absolute atomic E-state index is 5.66. The second-order valence-electron chi connectivity index (χ2n) is 4.04. The number of pyridine rings is 1. The van der Waals surface area contributed by atoms with Crippen molar-refractivity contribution in [1.29, 1.82) is 0 Å². The predicted molar refractivity (Wildman–Crippen MR) is 78.6 cm³/mol. The molecule has 4 heteroatoms. The van der Waals surface area contributed by atoms with Gasteiger partial charge >= 0.3 is 0 Å². The predicted octanol–water partition coefficient (Wildman–Crippen LogP) is 2.89. The molecule has 0 spiro atoms. The quantitative estimate of drug-likeness (QED) is 0.827. The molecule has 1 unspecified atom stereocenters. The fourth-order valence-corrected chi connectivity index (χ4v) is 1.94. The highest BCUT2D eigenvalue weighted by Gasteiger charge is 2.10. The molecule has 3 N–H and O–H groups in total. The van der Waals surface area contributed by atoms with E-state index in [0.29, 0.717) is 10.7 Å². The van der Waals surface area contributed by atoms with E-state index in [1.165, 1.54) is 5.56 Å². The van der Waals surface area contributed by atoms with Gasteiger partial charge in [-0.05, 0) is 24.6 Å². The van der Waals surface area contributed by atoms with Gasteiger partial charge in [0.15, 0.2) is 0 Å². The Balaban J connectivity index is 2.22. The lowest BCUT2D eigenvalue weighted by atomic mass is 10.1. The first-order chi connectivity index (χ1) is 8.68. The molecule has 3 nitrogen and oxygen atoms in total.